The highest BCUT2D eigenvalue weighted by Gasteiger charge is 2.12. The zero-order valence-corrected chi connectivity index (χ0v) is 12.6. The predicted molar refractivity (Wildman–Crippen MR) is 84.1 cm³/mol. The molecule has 0 bridgehead atoms. The number of likely N-dealkylation sites (N-methyl/N-ethyl adjacent to an activating group) is 1. The van der Waals surface area contributed by atoms with E-state index in [1.54, 1.807) is 6.07 Å². The molecule has 1 unspecified atom stereocenters. The van der Waals surface area contributed by atoms with Crippen molar-refractivity contribution >= 4 is 0 Å². The zero-order chi connectivity index (χ0) is 15.1. The standard InChI is InChI=1S/C18H22FNO/c1-3-12-21-16-10-8-14(9-11-16)18(20-2)13-15-6-4-5-7-17(15)19/h4-11,18,20H,3,12-13H2,1-2H3. The molecule has 0 aliphatic heterocycles. The Morgan fingerprint density at radius 1 is 1.10 bits per heavy atom. The van der Waals surface area contributed by atoms with Crippen molar-refractivity contribution in [3.05, 3.63) is 65.5 Å². The van der Waals surface area contributed by atoms with E-state index in [1.165, 1.54) is 6.07 Å². The van der Waals surface area contributed by atoms with Crippen molar-refractivity contribution in [2.24, 2.45) is 0 Å². The SMILES string of the molecule is CCCOc1ccc(C(Cc2ccccc2F)NC)cc1. The average Bonchev–Trinajstić information content (AvgIpc) is 2.53. The van der Waals surface area contributed by atoms with E-state index < -0.39 is 0 Å². The summed E-state index contributed by atoms with van der Waals surface area (Å²) in [5.41, 5.74) is 1.85. The van der Waals surface area contributed by atoms with E-state index in [-0.39, 0.29) is 11.9 Å². The highest BCUT2D eigenvalue weighted by atomic mass is 19.1. The Bertz CT molecular complexity index is 553. The Labute approximate surface area is 126 Å². The fourth-order valence-corrected chi connectivity index (χ4v) is 2.29. The molecule has 0 radical (unpaired) electrons. The summed E-state index contributed by atoms with van der Waals surface area (Å²) in [6.07, 6.45) is 1.62. The minimum Gasteiger partial charge on any atom is -0.494 e. The van der Waals surface area contributed by atoms with Crippen LogP contribution in [0.1, 0.15) is 30.5 Å². The molecule has 0 aromatic heterocycles. The van der Waals surface area contributed by atoms with E-state index >= 15 is 0 Å². The van der Waals surface area contributed by atoms with E-state index in [0.29, 0.717) is 6.42 Å². The predicted octanol–water partition coefficient (Wildman–Crippen LogP) is 4.12. The first-order valence-electron chi connectivity index (χ1n) is 7.38. The Balaban J connectivity index is 2.08. The van der Waals surface area contributed by atoms with Crippen LogP contribution in [0.2, 0.25) is 0 Å². The molecule has 2 nitrogen and oxygen atoms in total. The molecule has 2 rings (SSSR count). The molecule has 0 aliphatic carbocycles. The van der Waals surface area contributed by atoms with Gasteiger partial charge in [0.25, 0.3) is 0 Å². The second-order valence-electron chi connectivity index (χ2n) is 5.05. The first-order valence-corrected chi connectivity index (χ1v) is 7.38. The van der Waals surface area contributed by atoms with Gasteiger partial charge in [-0.1, -0.05) is 37.3 Å². The third kappa shape index (κ3) is 4.30. The Morgan fingerprint density at radius 3 is 2.43 bits per heavy atom. The lowest BCUT2D eigenvalue weighted by molar-refractivity contribution is 0.317. The van der Waals surface area contributed by atoms with E-state index in [1.807, 2.05) is 43.4 Å². The Morgan fingerprint density at radius 2 is 1.81 bits per heavy atom. The molecule has 1 N–H and O–H groups in total. The van der Waals surface area contributed by atoms with Gasteiger partial charge in [0.2, 0.25) is 0 Å². The summed E-state index contributed by atoms with van der Waals surface area (Å²) in [4.78, 5) is 0. The number of nitrogens with one attached hydrogen (secondary N) is 1. The van der Waals surface area contributed by atoms with Gasteiger partial charge in [0, 0.05) is 6.04 Å². The molecule has 21 heavy (non-hydrogen) atoms. The van der Waals surface area contributed by atoms with E-state index in [0.717, 1.165) is 29.9 Å². The van der Waals surface area contributed by atoms with Crippen molar-refractivity contribution in [3.63, 3.8) is 0 Å². The molecule has 112 valence electrons. The van der Waals surface area contributed by atoms with Crippen molar-refractivity contribution in [3.8, 4) is 5.75 Å². The zero-order valence-electron chi connectivity index (χ0n) is 12.6. The quantitative estimate of drug-likeness (QED) is 0.827. The summed E-state index contributed by atoms with van der Waals surface area (Å²) in [6, 6.07) is 15.0. The van der Waals surface area contributed by atoms with Gasteiger partial charge < -0.3 is 10.1 Å². The molecule has 2 aromatic carbocycles. The van der Waals surface area contributed by atoms with Gasteiger partial charge in [-0.3, -0.25) is 0 Å². The van der Waals surface area contributed by atoms with Crippen LogP contribution in [-0.4, -0.2) is 13.7 Å². The van der Waals surface area contributed by atoms with Gasteiger partial charge in [0.1, 0.15) is 11.6 Å². The van der Waals surface area contributed by atoms with Crippen LogP contribution >= 0.6 is 0 Å². The largest absolute Gasteiger partial charge is 0.494 e. The number of hydrogen-bond acceptors (Lipinski definition) is 2. The first kappa shape index (κ1) is 15.5. The number of hydrogen-bond donors (Lipinski definition) is 1. The number of rotatable bonds is 7. The molecule has 1 atom stereocenters. The van der Waals surface area contributed by atoms with E-state index in [4.69, 9.17) is 4.74 Å². The van der Waals surface area contributed by atoms with Crippen LogP contribution in [-0.2, 0) is 6.42 Å². The van der Waals surface area contributed by atoms with Crippen LogP contribution in [0.3, 0.4) is 0 Å². The van der Waals surface area contributed by atoms with Gasteiger partial charge in [0.05, 0.1) is 6.61 Å². The second kappa shape index (κ2) is 7.79. The fourth-order valence-electron chi connectivity index (χ4n) is 2.29. The maximum Gasteiger partial charge on any atom is 0.126 e. The lowest BCUT2D eigenvalue weighted by Gasteiger charge is -2.17. The maximum atomic E-state index is 13.8. The van der Waals surface area contributed by atoms with E-state index in [9.17, 15) is 4.39 Å². The maximum absolute atomic E-state index is 13.8. The summed E-state index contributed by atoms with van der Waals surface area (Å²) in [5, 5.41) is 3.25. The molecule has 2 aromatic rings. The monoisotopic (exact) mass is 287 g/mol. The van der Waals surface area contributed by atoms with Crippen LogP contribution in [0.15, 0.2) is 48.5 Å². The normalized spacial score (nSPS) is 12.1. The summed E-state index contributed by atoms with van der Waals surface area (Å²) >= 11 is 0. The summed E-state index contributed by atoms with van der Waals surface area (Å²) in [5.74, 6) is 0.724. The summed E-state index contributed by atoms with van der Waals surface area (Å²) < 4.78 is 19.3. The van der Waals surface area contributed by atoms with Crippen molar-refractivity contribution in [1.29, 1.82) is 0 Å². The minimum absolute atomic E-state index is 0.0853. The second-order valence-corrected chi connectivity index (χ2v) is 5.05. The van der Waals surface area contributed by atoms with Gasteiger partial charge in [-0.15, -0.1) is 0 Å². The van der Waals surface area contributed by atoms with Crippen LogP contribution in [0.5, 0.6) is 5.75 Å². The third-order valence-corrected chi connectivity index (χ3v) is 3.49. The highest BCUT2D eigenvalue weighted by molar-refractivity contribution is 5.30. The number of ether oxygens (including phenoxy) is 1. The van der Waals surface area contributed by atoms with E-state index in [2.05, 4.69) is 12.2 Å². The fraction of sp³-hybridized carbons (Fsp3) is 0.333. The minimum atomic E-state index is -0.152. The van der Waals surface area contributed by atoms with Gasteiger partial charge >= 0.3 is 0 Å². The van der Waals surface area contributed by atoms with Gasteiger partial charge in [-0.25, -0.2) is 4.39 Å². The average molecular weight is 287 g/mol. The number of benzene rings is 2. The van der Waals surface area contributed by atoms with Gasteiger partial charge in [-0.05, 0) is 49.2 Å². The van der Waals surface area contributed by atoms with Crippen LogP contribution in [0.4, 0.5) is 4.39 Å². The lowest BCUT2D eigenvalue weighted by Crippen LogP contribution is -2.19. The molecule has 0 aliphatic rings. The van der Waals surface area contributed by atoms with Crippen LogP contribution in [0.25, 0.3) is 0 Å². The topological polar surface area (TPSA) is 21.3 Å². The van der Waals surface area contributed by atoms with Gasteiger partial charge in [-0.2, -0.15) is 0 Å². The molecule has 0 saturated heterocycles. The Hall–Kier alpha value is -1.87. The molecule has 0 amide bonds. The molecule has 0 heterocycles. The molecule has 0 spiro atoms. The van der Waals surface area contributed by atoms with Crippen molar-refractivity contribution in [2.45, 2.75) is 25.8 Å². The summed E-state index contributed by atoms with van der Waals surface area (Å²) in [7, 11) is 1.90. The number of halogens is 1. The highest BCUT2D eigenvalue weighted by Crippen LogP contribution is 2.22. The molecular formula is C18H22FNO. The van der Waals surface area contributed by atoms with Crippen molar-refractivity contribution < 1.29 is 9.13 Å². The molecule has 3 heteroatoms. The summed E-state index contributed by atoms with van der Waals surface area (Å²) in [6.45, 7) is 2.81. The molecule has 0 fully saturated rings. The molecule has 0 saturated carbocycles. The smallest absolute Gasteiger partial charge is 0.126 e. The third-order valence-electron chi connectivity index (χ3n) is 3.49. The molecular weight excluding hydrogens is 265 g/mol. The van der Waals surface area contributed by atoms with Crippen molar-refractivity contribution in [1.82, 2.24) is 5.32 Å². The van der Waals surface area contributed by atoms with Crippen molar-refractivity contribution in [2.75, 3.05) is 13.7 Å². The van der Waals surface area contributed by atoms with Crippen LogP contribution < -0.4 is 10.1 Å². The van der Waals surface area contributed by atoms with Crippen LogP contribution in [0, 0.1) is 5.82 Å². The Kier molecular flexibility index (Phi) is 5.76. The lowest BCUT2D eigenvalue weighted by atomic mass is 9.98. The first-order chi connectivity index (χ1) is 10.2. The van der Waals surface area contributed by atoms with Gasteiger partial charge in [0.15, 0.2) is 0 Å².